The lowest BCUT2D eigenvalue weighted by Gasteiger charge is -2.07. The largest absolute Gasteiger partial charge is 0.321 e. The van der Waals surface area contributed by atoms with Crippen molar-refractivity contribution in [1.29, 1.82) is 0 Å². The van der Waals surface area contributed by atoms with E-state index in [0.29, 0.717) is 5.56 Å². The molecular weight excluding hydrogens is 255 g/mol. The van der Waals surface area contributed by atoms with E-state index in [2.05, 4.69) is 5.32 Å². The van der Waals surface area contributed by atoms with Gasteiger partial charge in [0.05, 0.1) is 6.42 Å². The molecule has 0 aliphatic heterocycles. The molecule has 0 aliphatic carbocycles. The summed E-state index contributed by atoms with van der Waals surface area (Å²) in [5.41, 5.74) is 0.0743. The van der Waals surface area contributed by atoms with Crippen molar-refractivity contribution in [2.75, 3.05) is 5.32 Å². The van der Waals surface area contributed by atoms with E-state index in [4.69, 9.17) is 0 Å². The van der Waals surface area contributed by atoms with Gasteiger partial charge in [0.25, 0.3) is 0 Å². The van der Waals surface area contributed by atoms with Crippen LogP contribution in [0.2, 0.25) is 0 Å². The molecule has 2 aromatic carbocycles. The Hall–Kier alpha value is -2.30. The smallest absolute Gasteiger partial charge is 0.228 e. The second-order valence-corrected chi connectivity index (χ2v) is 3.95. The molecule has 0 spiro atoms. The summed E-state index contributed by atoms with van der Waals surface area (Å²) >= 11 is 0. The van der Waals surface area contributed by atoms with Gasteiger partial charge < -0.3 is 5.32 Å². The average Bonchev–Trinajstić information content (AvgIpc) is 2.37. The molecule has 0 heterocycles. The van der Waals surface area contributed by atoms with Crippen molar-refractivity contribution in [3.63, 3.8) is 0 Å². The Bertz CT molecular complexity index is 576. The zero-order chi connectivity index (χ0) is 13.8. The minimum atomic E-state index is -0.840. The predicted octanol–water partition coefficient (Wildman–Crippen LogP) is 3.29. The molecule has 0 radical (unpaired) electrons. The van der Waals surface area contributed by atoms with Gasteiger partial charge in [0, 0.05) is 0 Å². The molecule has 0 aromatic heterocycles. The molecule has 98 valence electrons. The summed E-state index contributed by atoms with van der Waals surface area (Å²) in [4.78, 5) is 11.6. The fourth-order valence-electron chi connectivity index (χ4n) is 1.59. The number of carbonyl (C=O) groups excluding carboxylic acids is 1. The van der Waals surface area contributed by atoms with E-state index >= 15 is 0 Å². The highest BCUT2D eigenvalue weighted by Crippen LogP contribution is 2.18. The van der Waals surface area contributed by atoms with Crippen LogP contribution >= 0.6 is 0 Å². The van der Waals surface area contributed by atoms with Gasteiger partial charge in [0.15, 0.2) is 0 Å². The van der Waals surface area contributed by atoms with E-state index in [1.54, 1.807) is 0 Å². The molecule has 0 aliphatic rings. The maximum absolute atomic E-state index is 13.3. The fraction of sp³-hybridized carbons (Fsp3) is 0.0714. The lowest BCUT2D eigenvalue weighted by molar-refractivity contribution is -0.115. The Morgan fingerprint density at radius 1 is 0.947 bits per heavy atom. The summed E-state index contributed by atoms with van der Waals surface area (Å²) < 4.78 is 39.3. The minimum absolute atomic E-state index is 0.0892. The number of benzene rings is 2. The first-order chi connectivity index (χ1) is 9.06. The van der Waals surface area contributed by atoms with Crippen LogP contribution in [0.3, 0.4) is 0 Å². The molecule has 5 heteroatoms. The van der Waals surface area contributed by atoms with Crippen LogP contribution < -0.4 is 5.32 Å². The predicted molar refractivity (Wildman–Crippen MR) is 65.1 cm³/mol. The molecule has 0 saturated carbocycles. The molecule has 1 N–H and O–H groups in total. The second-order valence-electron chi connectivity index (χ2n) is 3.95. The Morgan fingerprint density at radius 2 is 1.53 bits per heavy atom. The van der Waals surface area contributed by atoms with Crippen LogP contribution in [-0.2, 0) is 11.2 Å². The number of anilines is 1. The quantitative estimate of drug-likeness (QED) is 0.906. The number of para-hydroxylation sites is 1. The van der Waals surface area contributed by atoms with Crippen LogP contribution in [0.25, 0.3) is 0 Å². The second kappa shape index (κ2) is 5.56. The summed E-state index contributed by atoms with van der Waals surface area (Å²) in [7, 11) is 0. The molecule has 0 bridgehead atoms. The van der Waals surface area contributed by atoms with Gasteiger partial charge in [-0.3, -0.25) is 4.79 Å². The lowest BCUT2D eigenvalue weighted by Crippen LogP contribution is -2.16. The summed E-state index contributed by atoms with van der Waals surface area (Å²) in [5.74, 6) is -2.67. The highest BCUT2D eigenvalue weighted by Gasteiger charge is 2.12. The van der Waals surface area contributed by atoms with Crippen LogP contribution in [0, 0.1) is 17.5 Å². The van der Waals surface area contributed by atoms with Gasteiger partial charge in [-0.25, -0.2) is 13.2 Å². The number of carbonyl (C=O) groups is 1. The average molecular weight is 265 g/mol. The van der Waals surface area contributed by atoms with Gasteiger partial charge >= 0.3 is 0 Å². The van der Waals surface area contributed by atoms with Crippen molar-refractivity contribution < 1.29 is 18.0 Å². The number of rotatable bonds is 3. The van der Waals surface area contributed by atoms with Crippen molar-refractivity contribution in [3.8, 4) is 0 Å². The zero-order valence-corrected chi connectivity index (χ0v) is 9.79. The Balaban J connectivity index is 2.07. The Morgan fingerprint density at radius 3 is 2.11 bits per heavy atom. The van der Waals surface area contributed by atoms with Crippen LogP contribution in [0.1, 0.15) is 5.56 Å². The van der Waals surface area contributed by atoms with Crippen molar-refractivity contribution in [3.05, 3.63) is 65.5 Å². The summed E-state index contributed by atoms with van der Waals surface area (Å²) in [6.45, 7) is 0. The van der Waals surface area contributed by atoms with Gasteiger partial charge in [0.1, 0.15) is 23.1 Å². The van der Waals surface area contributed by atoms with E-state index in [1.165, 1.54) is 30.3 Å². The molecular formula is C14H10F3NO. The van der Waals surface area contributed by atoms with E-state index in [0.717, 1.165) is 12.1 Å². The fourth-order valence-corrected chi connectivity index (χ4v) is 1.59. The molecule has 2 rings (SSSR count). The standard InChI is InChI=1S/C14H10F3NO/c15-10-6-4-9(5-7-10)8-13(19)18-14-11(16)2-1-3-12(14)17/h1-7H,8H2,(H,18,19). The zero-order valence-electron chi connectivity index (χ0n) is 9.79. The normalized spacial score (nSPS) is 10.3. The van der Waals surface area contributed by atoms with Gasteiger partial charge in [-0.15, -0.1) is 0 Å². The third kappa shape index (κ3) is 3.34. The van der Waals surface area contributed by atoms with Gasteiger partial charge in [-0.1, -0.05) is 18.2 Å². The number of hydrogen-bond donors (Lipinski definition) is 1. The molecule has 0 atom stereocenters. The Kier molecular flexibility index (Phi) is 3.85. The lowest BCUT2D eigenvalue weighted by atomic mass is 10.1. The van der Waals surface area contributed by atoms with Crippen LogP contribution in [0.4, 0.5) is 18.9 Å². The number of amides is 1. The summed E-state index contributed by atoms with van der Waals surface area (Å²) in [6, 6.07) is 8.62. The number of halogens is 3. The minimum Gasteiger partial charge on any atom is -0.321 e. The van der Waals surface area contributed by atoms with Crippen molar-refractivity contribution in [2.24, 2.45) is 0 Å². The van der Waals surface area contributed by atoms with E-state index in [-0.39, 0.29) is 6.42 Å². The summed E-state index contributed by atoms with van der Waals surface area (Å²) in [6.07, 6.45) is -0.0892. The first kappa shape index (κ1) is 13.1. The molecule has 0 unspecified atom stereocenters. The maximum atomic E-state index is 13.3. The summed E-state index contributed by atoms with van der Waals surface area (Å²) in [5, 5.41) is 2.16. The van der Waals surface area contributed by atoms with Crippen molar-refractivity contribution >= 4 is 11.6 Å². The maximum Gasteiger partial charge on any atom is 0.228 e. The van der Waals surface area contributed by atoms with Gasteiger partial charge in [-0.05, 0) is 29.8 Å². The van der Waals surface area contributed by atoms with Gasteiger partial charge in [-0.2, -0.15) is 0 Å². The molecule has 0 saturated heterocycles. The van der Waals surface area contributed by atoms with E-state index in [9.17, 15) is 18.0 Å². The number of hydrogen-bond acceptors (Lipinski definition) is 1. The van der Waals surface area contributed by atoms with Gasteiger partial charge in [0.2, 0.25) is 5.91 Å². The van der Waals surface area contributed by atoms with Crippen molar-refractivity contribution in [2.45, 2.75) is 6.42 Å². The molecule has 19 heavy (non-hydrogen) atoms. The van der Waals surface area contributed by atoms with Crippen LogP contribution in [0.5, 0.6) is 0 Å². The molecule has 2 nitrogen and oxygen atoms in total. The third-order valence-electron chi connectivity index (χ3n) is 2.51. The van der Waals surface area contributed by atoms with E-state index in [1.807, 2.05) is 0 Å². The Labute approximate surface area is 107 Å². The highest BCUT2D eigenvalue weighted by molar-refractivity contribution is 5.92. The first-order valence-corrected chi connectivity index (χ1v) is 5.54. The molecule has 1 amide bonds. The highest BCUT2D eigenvalue weighted by atomic mass is 19.1. The molecule has 0 fully saturated rings. The third-order valence-corrected chi connectivity index (χ3v) is 2.51. The molecule has 2 aromatic rings. The van der Waals surface area contributed by atoms with Crippen molar-refractivity contribution in [1.82, 2.24) is 0 Å². The SMILES string of the molecule is O=C(Cc1ccc(F)cc1)Nc1c(F)cccc1F. The van der Waals surface area contributed by atoms with E-state index < -0.39 is 29.0 Å². The van der Waals surface area contributed by atoms with Crippen LogP contribution in [0.15, 0.2) is 42.5 Å². The first-order valence-electron chi connectivity index (χ1n) is 5.54. The monoisotopic (exact) mass is 265 g/mol. The van der Waals surface area contributed by atoms with Crippen LogP contribution in [-0.4, -0.2) is 5.91 Å². The number of nitrogens with one attached hydrogen (secondary N) is 1. The topological polar surface area (TPSA) is 29.1 Å².